The maximum Gasteiger partial charge on any atom is 0.273 e. The van der Waals surface area contributed by atoms with Gasteiger partial charge in [0.1, 0.15) is 16.9 Å². The van der Waals surface area contributed by atoms with Gasteiger partial charge in [-0.15, -0.1) is 11.3 Å². The van der Waals surface area contributed by atoms with Gasteiger partial charge in [0.25, 0.3) is 5.91 Å². The van der Waals surface area contributed by atoms with Gasteiger partial charge in [-0.25, -0.2) is 9.37 Å². The second kappa shape index (κ2) is 6.91. The smallest absolute Gasteiger partial charge is 0.273 e. The van der Waals surface area contributed by atoms with Crippen LogP contribution in [-0.4, -0.2) is 35.3 Å². The van der Waals surface area contributed by atoms with Crippen molar-refractivity contribution in [3.8, 4) is 0 Å². The summed E-state index contributed by atoms with van der Waals surface area (Å²) in [6, 6.07) is 13.0. The number of likely N-dealkylation sites (tertiary alicyclic amines) is 1. The molecule has 0 bridgehead atoms. The van der Waals surface area contributed by atoms with Crippen molar-refractivity contribution in [3.63, 3.8) is 0 Å². The zero-order valence-corrected chi connectivity index (χ0v) is 17.0. The summed E-state index contributed by atoms with van der Waals surface area (Å²) in [5.74, 6) is -0.739. The molecule has 2 aliphatic rings. The minimum atomic E-state index is -0.925. The minimum Gasteiger partial charge on any atom is -0.365 e. The number of para-hydroxylation sites is 1. The fraction of sp³-hybridized carbons (Fsp3) is 0.227. The van der Waals surface area contributed by atoms with E-state index in [-0.39, 0.29) is 17.6 Å². The molecule has 0 radical (unpaired) electrons. The number of rotatable bonds is 3. The highest BCUT2D eigenvalue weighted by atomic mass is 32.1. The number of hydrogen-bond acceptors (Lipinski definition) is 5. The Labute approximate surface area is 176 Å². The monoisotopic (exact) mass is 422 g/mol. The van der Waals surface area contributed by atoms with Crippen molar-refractivity contribution >= 4 is 34.0 Å². The molecule has 6 nitrogen and oxygen atoms in total. The van der Waals surface area contributed by atoms with E-state index in [1.807, 2.05) is 24.3 Å². The van der Waals surface area contributed by atoms with Gasteiger partial charge in [-0.05, 0) is 35.7 Å². The Morgan fingerprint density at radius 2 is 2.03 bits per heavy atom. The Kier molecular flexibility index (Phi) is 4.32. The number of anilines is 2. The lowest BCUT2D eigenvalue weighted by Gasteiger charge is -2.34. The van der Waals surface area contributed by atoms with Crippen LogP contribution in [0, 0.1) is 5.82 Å². The number of aromatic nitrogens is 1. The molecule has 3 aromatic rings. The summed E-state index contributed by atoms with van der Waals surface area (Å²) in [5, 5.41) is 8.28. The molecule has 5 rings (SSSR count). The van der Waals surface area contributed by atoms with E-state index in [1.165, 1.54) is 23.5 Å². The third-order valence-corrected chi connectivity index (χ3v) is 6.83. The number of fused-ring (bicyclic) bond motifs is 2. The number of halogens is 1. The van der Waals surface area contributed by atoms with E-state index in [0.29, 0.717) is 23.8 Å². The molecule has 2 amide bonds. The zero-order valence-electron chi connectivity index (χ0n) is 16.2. The van der Waals surface area contributed by atoms with Crippen LogP contribution in [0.5, 0.6) is 0 Å². The van der Waals surface area contributed by atoms with Crippen molar-refractivity contribution in [2.45, 2.75) is 17.9 Å². The summed E-state index contributed by atoms with van der Waals surface area (Å²) in [7, 11) is 1.75. The molecule has 2 atom stereocenters. The van der Waals surface area contributed by atoms with Crippen LogP contribution in [-0.2, 0) is 10.2 Å². The number of thiazole rings is 1. The first-order valence-electron chi connectivity index (χ1n) is 9.65. The largest absolute Gasteiger partial charge is 0.365 e. The number of benzene rings is 2. The summed E-state index contributed by atoms with van der Waals surface area (Å²) >= 11 is 1.35. The predicted molar refractivity (Wildman–Crippen MR) is 113 cm³/mol. The average molecular weight is 422 g/mol. The van der Waals surface area contributed by atoms with E-state index >= 15 is 0 Å². The maximum absolute atomic E-state index is 13.6. The quantitative estimate of drug-likeness (QED) is 0.673. The first kappa shape index (κ1) is 18.7. The van der Waals surface area contributed by atoms with Crippen LogP contribution in [0.25, 0.3) is 0 Å². The summed E-state index contributed by atoms with van der Waals surface area (Å²) in [6.45, 7) is 0.398. The van der Waals surface area contributed by atoms with E-state index in [1.54, 1.807) is 29.5 Å². The predicted octanol–water partition coefficient (Wildman–Crippen LogP) is 3.80. The number of hydrogen-bond donors (Lipinski definition) is 2. The Balaban J connectivity index is 1.65. The summed E-state index contributed by atoms with van der Waals surface area (Å²) in [5.41, 5.74) is 1.76. The molecule has 0 saturated carbocycles. The highest BCUT2D eigenvalue weighted by molar-refractivity contribution is 7.13. The summed E-state index contributed by atoms with van der Waals surface area (Å²) in [4.78, 5) is 32.8. The molecule has 0 aliphatic carbocycles. The van der Waals surface area contributed by atoms with Gasteiger partial charge in [0.15, 0.2) is 5.13 Å². The van der Waals surface area contributed by atoms with Crippen molar-refractivity contribution in [2.75, 3.05) is 24.2 Å². The fourth-order valence-electron chi connectivity index (χ4n) is 4.65. The van der Waals surface area contributed by atoms with E-state index in [4.69, 9.17) is 0 Å². The van der Waals surface area contributed by atoms with Crippen molar-refractivity contribution in [3.05, 3.63) is 76.5 Å². The standard InChI is InChI=1S/C22H19FN4O2S/c1-24-21-26-17(12-30-21)19(28)27-11-10-22(18(27)13-6-8-14(23)9-7-13)15-4-2-3-5-16(15)25-20(22)29/h2-9,12,18H,10-11H2,1H3,(H,24,26)(H,25,29)/t18-,22+/m0/s1. The second-order valence-electron chi connectivity index (χ2n) is 7.46. The topological polar surface area (TPSA) is 74.3 Å². The highest BCUT2D eigenvalue weighted by Crippen LogP contribution is 2.54. The van der Waals surface area contributed by atoms with Crippen LogP contribution in [0.2, 0.25) is 0 Å². The summed E-state index contributed by atoms with van der Waals surface area (Å²) in [6.07, 6.45) is 0.479. The van der Waals surface area contributed by atoms with E-state index in [0.717, 1.165) is 16.8 Å². The molecule has 30 heavy (non-hydrogen) atoms. The van der Waals surface area contributed by atoms with Gasteiger partial charge in [-0.3, -0.25) is 9.59 Å². The number of nitrogens with zero attached hydrogens (tertiary/aromatic N) is 2. The number of carbonyl (C=O) groups is 2. The Bertz CT molecular complexity index is 1150. The summed E-state index contributed by atoms with van der Waals surface area (Å²) < 4.78 is 13.6. The Morgan fingerprint density at radius 1 is 1.27 bits per heavy atom. The van der Waals surface area contributed by atoms with Gasteiger partial charge >= 0.3 is 0 Å². The lowest BCUT2D eigenvalue weighted by molar-refractivity contribution is -0.121. The molecular formula is C22H19FN4O2S. The van der Waals surface area contributed by atoms with Crippen molar-refractivity contribution in [1.29, 1.82) is 0 Å². The number of carbonyl (C=O) groups excluding carboxylic acids is 2. The molecule has 1 spiro atoms. The van der Waals surface area contributed by atoms with E-state index in [2.05, 4.69) is 15.6 Å². The van der Waals surface area contributed by atoms with Gasteiger partial charge in [0, 0.05) is 24.7 Å². The van der Waals surface area contributed by atoms with Crippen LogP contribution >= 0.6 is 11.3 Å². The third kappa shape index (κ3) is 2.64. The van der Waals surface area contributed by atoms with Crippen LogP contribution in [0.15, 0.2) is 53.9 Å². The Morgan fingerprint density at radius 3 is 2.77 bits per heavy atom. The van der Waals surface area contributed by atoms with E-state index in [9.17, 15) is 14.0 Å². The molecule has 2 aromatic carbocycles. The normalized spacial score (nSPS) is 22.3. The molecule has 8 heteroatoms. The molecule has 152 valence electrons. The van der Waals surface area contributed by atoms with Gasteiger partial charge < -0.3 is 15.5 Å². The van der Waals surface area contributed by atoms with Crippen molar-refractivity contribution < 1.29 is 14.0 Å². The first-order valence-corrected chi connectivity index (χ1v) is 10.5. The van der Waals surface area contributed by atoms with Gasteiger partial charge in [0.2, 0.25) is 5.91 Å². The fourth-order valence-corrected chi connectivity index (χ4v) is 5.29. The maximum atomic E-state index is 13.6. The van der Waals surface area contributed by atoms with Crippen molar-refractivity contribution in [2.24, 2.45) is 0 Å². The molecule has 3 heterocycles. The van der Waals surface area contributed by atoms with Gasteiger partial charge in [0.05, 0.1) is 6.04 Å². The van der Waals surface area contributed by atoms with Crippen LogP contribution in [0.3, 0.4) is 0 Å². The molecule has 2 N–H and O–H groups in total. The number of amides is 2. The van der Waals surface area contributed by atoms with Crippen LogP contribution < -0.4 is 10.6 Å². The Hall–Kier alpha value is -3.26. The number of nitrogens with one attached hydrogen (secondary N) is 2. The lowest BCUT2D eigenvalue weighted by atomic mass is 9.72. The average Bonchev–Trinajstić information content (AvgIpc) is 3.46. The molecule has 1 saturated heterocycles. The van der Waals surface area contributed by atoms with Crippen molar-refractivity contribution in [1.82, 2.24) is 9.88 Å². The third-order valence-electron chi connectivity index (χ3n) is 5.97. The molecule has 1 fully saturated rings. The molecule has 2 aliphatic heterocycles. The SMILES string of the molecule is CNc1nc(C(=O)N2CC[C@]3(C(=O)Nc4ccccc43)[C@@H]2c2ccc(F)cc2)cs1. The van der Waals surface area contributed by atoms with Gasteiger partial charge in [-0.1, -0.05) is 30.3 Å². The molecule has 1 aromatic heterocycles. The molecular weight excluding hydrogens is 403 g/mol. The van der Waals surface area contributed by atoms with E-state index < -0.39 is 11.5 Å². The van der Waals surface area contributed by atoms with Gasteiger partial charge in [-0.2, -0.15) is 0 Å². The van der Waals surface area contributed by atoms with Crippen LogP contribution in [0.4, 0.5) is 15.2 Å². The zero-order chi connectivity index (χ0) is 20.9. The van der Waals surface area contributed by atoms with Crippen LogP contribution in [0.1, 0.15) is 34.1 Å². The minimum absolute atomic E-state index is 0.137. The highest BCUT2D eigenvalue weighted by Gasteiger charge is 2.59. The lowest BCUT2D eigenvalue weighted by Crippen LogP contribution is -2.42. The molecule has 0 unspecified atom stereocenters. The first-order chi connectivity index (χ1) is 14.5. The second-order valence-corrected chi connectivity index (χ2v) is 8.32.